The Balaban J connectivity index is 0.00000520. The average molecular weight is 675 g/mol. The van der Waals surface area contributed by atoms with Crippen molar-refractivity contribution in [1.82, 2.24) is 0 Å². The maximum atomic E-state index is 11.7. The first-order valence-electron chi connectivity index (χ1n) is 18.2. The van der Waals surface area contributed by atoms with Gasteiger partial charge in [0.1, 0.15) is 6.10 Å². The van der Waals surface area contributed by atoms with E-state index in [1.165, 1.54) is 5.57 Å². The van der Waals surface area contributed by atoms with E-state index in [2.05, 4.69) is 46.4 Å². The van der Waals surface area contributed by atoms with Gasteiger partial charge in [-0.15, -0.1) is 0 Å². The standard InChI is InChI=1S/C39H62O8.CH4/c1-8-9-10-11-15-33-37(5,42)19-16-30-31(43-33)17-20-38(6)35(44-30)23-32-36(47-38)28(41)24-39(7)34(45-32)22-27(4)29(46-39)14-12-13-25(2)26(3)18-21-40;/h8-10,13,18,27-36,40-42H,1,11-12,14-17,19-24H2,2-7H3;1H4/b10-9-,25-13+,26-18+;. The molecule has 0 aromatic heterocycles. The summed E-state index contributed by atoms with van der Waals surface area (Å²) in [6.45, 7) is 16.3. The van der Waals surface area contributed by atoms with Crippen molar-refractivity contribution in [3.63, 3.8) is 0 Å². The molecule has 8 heteroatoms. The molecule has 5 rings (SSSR count). The first kappa shape index (κ1) is 39.4. The summed E-state index contributed by atoms with van der Waals surface area (Å²) in [4.78, 5) is 0. The molecule has 48 heavy (non-hydrogen) atoms. The highest BCUT2D eigenvalue weighted by atomic mass is 16.6. The molecular weight excluding hydrogens is 608 g/mol. The van der Waals surface area contributed by atoms with E-state index in [0.29, 0.717) is 25.2 Å². The van der Waals surface area contributed by atoms with E-state index in [9.17, 15) is 15.3 Å². The van der Waals surface area contributed by atoms with Gasteiger partial charge in [-0.05, 0) is 98.3 Å². The lowest BCUT2D eigenvalue weighted by atomic mass is 9.79. The molecule has 5 fully saturated rings. The lowest BCUT2D eigenvalue weighted by Crippen LogP contribution is -2.59. The number of ether oxygens (including phenoxy) is 5. The quantitative estimate of drug-likeness (QED) is 0.227. The van der Waals surface area contributed by atoms with Gasteiger partial charge in [-0.3, -0.25) is 0 Å². The van der Waals surface area contributed by atoms with E-state index in [4.69, 9.17) is 23.7 Å². The monoisotopic (exact) mass is 674 g/mol. The van der Waals surface area contributed by atoms with E-state index >= 15 is 0 Å². The fraction of sp³-hybridized carbons (Fsp3) is 0.800. The third-order valence-corrected chi connectivity index (χ3v) is 12.0. The van der Waals surface area contributed by atoms with Gasteiger partial charge in [0.05, 0.1) is 72.2 Å². The minimum Gasteiger partial charge on any atom is -0.392 e. The van der Waals surface area contributed by atoms with Crippen LogP contribution in [0.4, 0.5) is 0 Å². The third kappa shape index (κ3) is 8.74. The van der Waals surface area contributed by atoms with E-state index in [0.717, 1.165) is 56.9 Å². The smallest absolute Gasteiger partial charge is 0.111 e. The molecule has 5 aliphatic heterocycles. The van der Waals surface area contributed by atoms with Crippen molar-refractivity contribution in [3.05, 3.63) is 48.1 Å². The summed E-state index contributed by atoms with van der Waals surface area (Å²) < 4.78 is 34.2. The SMILES string of the molecule is C.C=C/C=C\CCC1OC2CCC3(C)OC4C(O)CC5(C)OC(CC/C=C(C)/C(C)=C/CO)C(C)CC5OC4CC3OC2CCC1(C)O. The molecule has 0 aromatic rings. The molecule has 0 saturated carbocycles. The van der Waals surface area contributed by atoms with Crippen LogP contribution in [0.1, 0.15) is 120 Å². The molecule has 0 spiro atoms. The Bertz CT molecular complexity index is 1160. The molecule has 5 aliphatic rings. The highest BCUT2D eigenvalue weighted by Crippen LogP contribution is 2.49. The summed E-state index contributed by atoms with van der Waals surface area (Å²) in [5.74, 6) is 0.311. The van der Waals surface area contributed by atoms with Gasteiger partial charge in [-0.2, -0.15) is 0 Å². The van der Waals surface area contributed by atoms with Crippen molar-refractivity contribution in [2.75, 3.05) is 6.61 Å². The van der Waals surface area contributed by atoms with Gasteiger partial charge in [0.2, 0.25) is 0 Å². The molecule has 5 saturated heterocycles. The molecule has 0 bridgehead atoms. The second-order valence-corrected chi connectivity index (χ2v) is 15.8. The maximum Gasteiger partial charge on any atom is 0.111 e. The fourth-order valence-electron chi connectivity index (χ4n) is 8.70. The normalized spacial score (nSPS) is 45.4. The fourth-order valence-corrected chi connectivity index (χ4v) is 8.70. The van der Waals surface area contributed by atoms with Crippen LogP contribution in [0.15, 0.2) is 48.1 Å². The molecule has 8 nitrogen and oxygen atoms in total. The van der Waals surface area contributed by atoms with Crippen molar-refractivity contribution in [2.24, 2.45) is 5.92 Å². The summed E-state index contributed by atoms with van der Waals surface area (Å²) in [5.41, 5.74) is 0.159. The van der Waals surface area contributed by atoms with Crippen LogP contribution < -0.4 is 0 Å². The van der Waals surface area contributed by atoms with Crippen LogP contribution in [0, 0.1) is 5.92 Å². The first-order chi connectivity index (χ1) is 22.3. The third-order valence-electron chi connectivity index (χ3n) is 12.0. The average Bonchev–Trinajstić information content (AvgIpc) is 3.27. The van der Waals surface area contributed by atoms with Crippen LogP contribution in [0.5, 0.6) is 0 Å². The Morgan fingerprint density at radius 1 is 0.854 bits per heavy atom. The largest absolute Gasteiger partial charge is 0.392 e. The van der Waals surface area contributed by atoms with Crippen LogP contribution in [0.25, 0.3) is 0 Å². The molecule has 0 aromatic carbocycles. The van der Waals surface area contributed by atoms with Gasteiger partial charge in [0.15, 0.2) is 0 Å². The summed E-state index contributed by atoms with van der Waals surface area (Å²) in [5, 5.41) is 32.3. The lowest BCUT2D eigenvalue weighted by molar-refractivity contribution is -0.273. The number of hydrogen-bond acceptors (Lipinski definition) is 8. The van der Waals surface area contributed by atoms with Gasteiger partial charge < -0.3 is 39.0 Å². The summed E-state index contributed by atoms with van der Waals surface area (Å²) >= 11 is 0. The molecule has 274 valence electrons. The molecule has 0 radical (unpaired) electrons. The second kappa shape index (κ2) is 16.3. The Labute approximate surface area is 290 Å². The molecule has 5 heterocycles. The van der Waals surface area contributed by atoms with Crippen LogP contribution in [0.2, 0.25) is 0 Å². The number of fused-ring (bicyclic) bond motifs is 4. The number of hydrogen-bond donors (Lipinski definition) is 3. The number of aliphatic hydroxyl groups is 3. The van der Waals surface area contributed by atoms with Crippen molar-refractivity contribution < 1.29 is 39.0 Å². The Morgan fingerprint density at radius 3 is 2.25 bits per heavy atom. The Kier molecular flexibility index (Phi) is 13.4. The molecule has 13 unspecified atom stereocenters. The minimum atomic E-state index is -0.922. The van der Waals surface area contributed by atoms with Crippen molar-refractivity contribution in [3.8, 4) is 0 Å². The van der Waals surface area contributed by atoms with E-state index < -0.39 is 29.0 Å². The van der Waals surface area contributed by atoms with Crippen LogP contribution in [0.3, 0.4) is 0 Å². The number of allylic oxidation sites excluding steroid dienone is 6. The minimum absolute atomic E-state index is 0. The van der Waals surface area contributed by atoms with Gasteiger partial charge >= 0.3 is 0 Å². The molecule has 13 atom stereocenters. The van der Waals surface area contributed by atoms with E-state index in [-0.39, 0.29) is 56.8 Å². The van der Waals surface area contributed by atoms with Gasteiger partial charge in [-0.25, -0.2) is 0 Å². The van der Waals surface area contributed by atoms with Crippen LogP contribution >= 0.6 is 0 Å². The first-order valence-corrected chi connectivity index (χ1v) is 18.2. The zero-order valence-corrected chi connectivity index (χ0v) is 29.7. The number of rotatable bonds is 9. The predicted octanol–water partition coefficient (Wildman–Crippen LogP) is 6.91. The predicted molar refractivity (Wildman–Crippen MR) is 190 cm³/mol. The molecule has 0 aliphatic carbocycles. The van der Waals surface area contributed by atoms with Gasteiger partial charge in [0.25, 0.3) is 0 Å². The Morgan fingerprint density at radius 2 is 1.52 bits per heavy atom. The molecule has 0 amide bonds. The van der Waals surface area contributed by atoms with Crippen molar-refractivity contribution in [2.45, 2.75) is 191 Å². The summed E-state index contributed by atoms with van der Waals surface area (Å²) in [6, 6.07) is 0. The van der Waals surface area contributed by atoms with Gasteiger partial charge in [0, 0.05) is 12.8 Å². The molecular formula is C40H66O8. The van der Waals surface area contributed by atoms with Crippen LogP contribution in [-0.4, -0.2) is 93.7 Å². The maximum absolute atomic E-state index is 11.7. The van der Waals surface area contributed by atoms with Gasteiger partial charge in [-0.1, -0.05) is 62.5 Å². The second-order valence-electron chi connectivity index (χ2n) is 15.8. The zero-order valence-electron chi connectivity index (χ0n) is 29.7. The summed E-state index contributed by atoms with van der Waals surface area (Å²) in [6.07, 6.45) is 15.7. The van der Waals surface area contributed by atoms with Crippen LogP contribution in [-0.2, 0) is 23.7 Å². The van der Waals surface area contributed by atoms with E-state index in [1.54, 1.807) is 6.08 Å². The lowest BCUT2D eigenvalue weighted by Gasteiger charge is -2.49. The molecule has 3 N–H and O–H groups in total. The highest BCUT2D eigenvalue weighted by molar-refractivity contribution is 5.26. The summed E-state index contributed by atoms with van der Waals surface area (Å²) in [7, 11) is 0. The topological polar surface area (TPSA) is 107 Å². The van der Waals surface area contributed by atoms with Crippen molar-refractivity contribution in [1.29, 1.82) is 0 Å². The van der Waals surface area contributed by atoms with Crippen molar-refractivity contribution >= 4 is 0 Å². The number of aliphatic hydroxyl groups excluding tert-OH is 2. The zero-order chi connectivity index (χ0) is 34.0. The Hall–Kier alpha value is -1.36. The highest BCUT2D eigenvalue weighted by Gasteiger charge is 2.58. The van der Waals surface area contributed by atoms with E-state index in [1.807, 2.05) is 26.0 Å².